The fraction of sp³-hybridized carbons (Fsp3) is 1.00. The van der Waals surface area contributed by atoms with E-state index in [1.54, 1.807) is 7.11 Å². The van der Waals surface area contributed by atoms with Crippen LogP contribution in [-0.4, -0.2) is 49.0 Å². The Morgan fingerprint density at radius 3 is 2.92 bits per heavy atom. The van der Waals surface area contributed by atoms with Crippen molar-refractivity contribution in [2.75, 3.05) is 26.8 Å². The molecule has 1 fully saturated rings. The second kappa shape index (κ2) is 5.58. The lowest BCUT2D eigenvalue weighted by Gasteiger charge is -2.22. The van der Waals surface area contributed by atoms with Crippen LogP contribution in [0.25, 0.3) is 0 Å². The first-order valence-corrected chi connectivity index (χ1v) is 5.19. The van der Waals surface area contributed by atoms with Crippen molar-refractivity contribution < 1.29 is 9.84 Å². The highest BCUT2D eigenvalue weighted by molar-refractivity contribution is 4.84. The Bertz CT molecular complexity index is 141. The zero-order chi connectivity index (χ0) is 9.68. The molecular formula is C10H21NO2. The SMILES string of the molecule is CCC[C@@H]1C[C@H](O)CN1CCOC. The first kappa shape index (κ1) is 11.0. The van der Waals surface area contributed by atoms with Gasteiger partial charge in [-0.15, -0.1) is 0 Å². The van der Waals surface area contributed by atoms with Gasteiger partial charge in [0.2, 0.25) is 0 Å². The summed E-state index contributed by atoms with van der Waals surface area (Å²) in [4.78, 5) is 2.34. The highest BCUT2D eigenvalue weighted by Crippen LogP contribution is 2.21. The Morgan fingerprint density at radius 1 is 1.54 bits per heavy atom. The summed E-state index contributed by atoms with van der Waals surface area (Å²) in [6, 6.07) is 0.579. The van der Waals surface area contributed by atoms with Crippen LogP contribution in [-0.2, 0) is 4.74 Å². The monoisotopic (exact) mass is 187 g/mol. The van der Waals surface area contributed by atoms with Crippen LogP contribution in [0.3, 0.4) is 0 Å². The topological polar surface area (TPSA) is 32.7 Å². The molecular weight excluding hydrogens is 166 g/mol. The van der Waals surface area contributed by atoms with Crippen molar-refractivity contribution in [2.45, 2.75) is 38.3 Å². The third kappa shape index (κ3) is 3.25. The van der Waals surface area contributed by atoms with Gasteiger partial charge >= 0.3 is 0 Å². The summed E-state index contributed by atoms with van der Waals surface area (Å²) in [5.74, 6) is 0. The molecule has 0 radical (unpaired) electrons. The number of rotatable bonds is 5. The normalized spacial score (nSPS) is 29.8. The molecule has 13 heavy (non-hydrogen) atoms. The van der Waals surface area contributed by atoms with Crippen LogP contribution < -0.4 is 0 Å². The van der Waals surface area contributed by atoms with Gasteiger partial charge in [-0.25, -0.2) is 0 Å². The Morgan fingerprint density at radius 2 is 2.31 bits per heavy atom. The molecule has 1 saturated heterocycles. The van der Waals surface area contributed by atoms with E-state index in [1.165, 1.54) is 12.8 Å². The van der Waals surface area contributed by atoms with E-state index in [0.29, 0.717) is 6.04 Å². The molecule has 3 heteroatoms. The van der Waals surface area contributed by atoms with Crippen molar-refractivity contribution in [3.8, 4) is 0 Å². The van der Waals surface area contributed by atoms with Crippen LogP contribution in [0.4, 0.5) is 0 Å². The molecule has 1 rings (SSSR count). The quantitative estimate of drug-likeness (QED) is 0.693. The van der Waals surface area contributed by atoms with Gasteiger partial charge in [-0.3, -0.25) is 4.90 Å². The molecule has 78 valence electrons. The van der Waals surface area contributed by atoms with Crippen LogP contribution in [0.2, 0.25) is 0 Å². The highest BCUT2D eigenvalue weighted by atomic mass is 16.5. The second-order valence-electron chi connectivity index (χ2n) is 3.82. The molecule has 2 atom stereocenters. The molecule has 0 saturated carbocycles. The molecule has 0 aromatic carbocycles. The predicted molar refractivity (Wildman–Crippen MR) is 52.8 cm³/mol. The van der Waals surface area contributed by atoms with E-state index < -0.39 is 0 Å². The Balaban J connectivity index is 2.31. The number of aliphatic hydroxyl groups excluding tert-OH is 1. The summed E-state index contributed by atoms with van der Waals surface area (Å²) in [5, 5.41) is 9.51. The van der Waals surface area contributed by atoms with E-state index in [0.717, 1.165) is 26.1 Å². The minimum atomic E-state index is -0.117. The van der Waals surface area contributed by atoms with E-state index in [-0.39, 0.29) is 6.10 Å². The Kier molecular flexibility index (Phi) is 4.70. The van der Waals surface area contributed by atoms with Crippen molar-refractivity contribution in [1.82, 2.24) is 4.90 Å². The molecule has 1 aliphatic heterocycles. The van der Waals surface area contributed by atoms with E-state index in [4.69, 9.17) is 4.74 Å². The van der Waals surface area contributed by atoms with Gasteiger partial charge in [0.1, 0.15) is 0 Å². The van der Waals surface area contributed by atoms with Crippen molar-refractivity contribution in [3.05, 3.63) is 0 Å². The lowest BCUT2D eigenvalue weighted by Crippen LogP contribution is -2.32. The van der Waals surface area contributed by atoms with Gasteiger partial charge in [-0.05, 0) is 12.8 Å². The molecule has 0 spiro atoms. The fourth-order valence-electron chi connectivity index (χ4n) is 2.07. The Labute approximate surface area is 80.7 Å². The molecule has 3 nitrogen and oxygen atoms in total. The summed E-state index contributed by atoms with van der Waals surface area (Å²) >= 11 is 0. The number of aliphatic hydroxyl groups is 1. The number of methoxy groups -OCH3 is 1. The summed E-state index contributed by atoms with van der Waals surface area (Å²) < 4.78 is 5.04. The number of β-amino-alcohol motifs (C(OH)–C–C–N with tert-alkyl or cyclic N) is 1. The molecule has 1 aliphatic rings. The highest BCUT2D eigenvalue weighted by Gasteiger charge is 2.29. The van der Waals surface area contributed by atoms with Gasteiger partial charge in [-0.1, -0.05) is 13.3 Å². The van der Waals surface area contributed by atoms with Gasteiger partial charge < -0.3 is 9.84 Å². The molecule has 0 aromatic heterocycles. The minimum Gasteiger partial charge on any atom is -0.392 e. The number of ether oxygens (including phenoxy) is 1. The van der Waals surface area contributed by atoms with Crippen LogP contribution in [0, 0.1) is 0 Å². The molecule has 0 aliphatic carbocycles. The number of hydrogen-bond donors (Lipinski definition) is 1. The molecule has 0 unspecified atom stereocenters. The molecule has 1 N–H and O–H groups in total. The number of nitrogens with zero attached hydrogens (tertiary/aromatic N) is 1. The van der Waals surface area contributed by atoms with E-state index >= 15 is 0 Å². The fourth-order valence-corrected chi connectivity index (χ4v) is 2.07. The van der Waals surface area contributed by atoms with Gasteiger partial charge in [0.25, 0.3) is 0 Å². The second-order valence-corrected chi connectivity index (χ2v) is 3.82. The number of likely N-dealkylation sites (tertiary alicyclic amines) is 1. The lowest BCUT2D eigenvalue weighted by molar-refractivity contribution is 0.128. The maximum atomic E-state index is 9.51. The van der Waals surface area contributed by atoms with Crippen molar-refractivity contribution >= 4 is 0 Å². The number of hydrogen-bond acceptors (Lipinski definition) is 3. The Hall–Kier alpha value is -0.120. The van der Waals surface area contributed by atoms with Gasteiger partial charge in [-0.2, -0.15) is 0 Å². The average Bonchev–Trinajstić information content (AvgIpc) is 2.44. The third-order valence-electron chi connectivity index (χ3n) is 2.71. The average molecular weight is 187 g/mol. The first-order valence-electron chi connectivity index (χ1n) is 5.19. The summed E-state index contributed by atoms with van der Waals surface area (Å²) in [5.41, 5.74) is 0. The third-order valence-corrected chi connectivity index (χ3v) is 2.71. The largest absolute Gasteiger partial charge is 0.392 e. The van der Waals surface area contributed by atoms with Gasteiger partial charge in [0.05, 0.1) is 12.7 Å². The van der Waals surface area contributed by atoms with Crippen LogP contribution >= 0.6 is 0 Å². The van der Waals surface area contributed by atoms with Crippen molar-refractivity contribution in [2.24, 2.45) is 0 Å². The molecule has 1 heterocycles. The first-order chi connectivity index (χ1) is 6.27. The molecule has 0 amide bonds. The van der Waals surface area contributed by atoms with Crippen LogP contribution in [0.5, 0.6) is 0 Å². The summed E-state index contributed by atoms with van der Waals surface area (Å²) in [7, 11) is 1.72. The lowest BCUT2D eigenvalue weighted by atomic mass is 10.1. The standard InChI is InChI=1S/C10H21NO2/c1-3-4-9-7-10(12)8-11(9)5-6-13-2/h9-10,12H,3-8H2,1-2H3/t9-,10+/m1/s1. The van der Waals surface area contributed by atoms with Crippen LogP contribution in [0.15, 0.2) is 0 Å². The van der Waals surface area contributed by atoms with E-state index in [9.17, 15) is 5.11 Å². The van der Waals surface area contributed by atoms with Crippen molar-refractivity contribution in [1.29, 1.82) is 0 Å². The van der Waals surface area contributed by atoms with Crippen LogP contribution in [0.1, 0.15) is 26.2 Å². The maximum Gasteiger partial charge on any atom is 0.0682 e. The van der Waals surface area contributed by atoms with E-state index in [2.05, 4.69) is 11.8 Å². The predicted octanol–water partition coefficient (Wildman–Crippen LogP) is 0.868. The smallest absolute Gasteiger partial charge is 0.0682 e. The zero-order valence-corrected chi connectivity index (χ0v) is 8.70. The maximum absolute atomic E-state index is 9.51. The minimum absolute atomic E-state index is 0.117. The molecule has 0 bridgehead atoms. The van der Waals surface area contributed by atoms with E-state index in [1.807, 2.05) is 0 Å². The van der Waals surface area contributed by atoms with Gasteiger partial charge in [0, 0.05) is 26.2 Å². The summed E-state index contributed by atoms with van der Waals surface area (Å²) in [6.45, 7) is 4.75. The van der Waals surface area contributed by atoms with Gasteiger partial charge in [0.15, 0.2) is 0 Å². The summed E-state index contributed by atoms with van der Waals surface area (Å²) in [6.07, 6.45) is 3.22. The zero-order valence-electron chi connectivity index (χ0n) is 8.70. The van der Waals surface area contributed by atoms with Crippen molar-refractivity contribution in [3.63, 3.8) is 0 Å². The molecule has 0 aromatic rings.